The number of piperidine rings is 1. The van der Waals surface area contributed by atoms with Crippen molar-refractivity contribution < 1.29 is 18.3 Å². The summed E-state index contributed by atoms with van der Waals surface area (Å²) >= 11 is 0. The quantitative estimate of drug-likeness (QED) is 0.821. The van der Waals surface area contributed by atoms with Gasteiger partial charge >= 0.3 is 5.97 Å². The molecular formula is C14H26N2O4S. The smallest absolute Gasteiger partial charge is 0.306 e. The molecule has 0 bridgehead atoms. The molecule has 1 saturated carbocycles. The van der Waals surface area contributed by atoms with Gasteiger partial charge in [-0.1, -0.05) is 20.3 Å². The Kier molecular flexibility index (Phi) is 5.27. The van der Waals surface area contributed by atoms with Gasteiger partial charge in [-0.05, 0) is 37.5 Å². The molecule has 1 saturated heterocycles. The highest BCUT2D eigenvalue weighted by Crippen LogP contribution is 2.27. The zero-order chi connectivity index (χ0) is 15.6. The lowest BCUT2D eigenvalue weighted by molar-refractivity contribution is -0.143. The topological polar surface area (TPSA) is 86.7 Å². The van der Waals surface area contributed by atoms with E-state index in [1.165, 1.54) is 4.31 Å². The highest BCUT2D eigenvalue weighted by atomic mass is 32.2. The number of nitrogens with zero attached hydrogens (tertiary/aromatic N) is 1. The maximum absolute atomic E-state index is 12.5. The van der Waals surface area contributed by atoms with Gasteiger partial charge in [-0.25, -0.2) is 0 Å². The van der Waals surface area contributed by atoms with Crippen LogP contribution in [0.15, 0.2) is 0 Å². The van der Waals surface area contributed by atoms with Crippen LogP contribution < -0.4 is 4.72 Å². The molecule has 1 heterocycles. The predicted molar refractivity (Wildman–Crippen MR) is 80.0 cm³/mol. The standard InChI is InChI=1S/C14H26N2O4S/c1-10-6-11(2)9-16(8-10)21(19,20)15-13-5-3-4-12(7-13)14(17)18/h10-13,15H,3-9H2,1-2H3,(H,17,18). The maximum Gasteiger partial charge on any atom is 0.306 e. The number of carboxylic acids is 1. The molecule has 0 aromatic heterocycles. The molecule has 1 aliphatic heterocycles. The molecule has 2 aliphatic rings. The van der Waals surface area contributed by atoms with Crippen molar-refractivity contribution >= 4 is 16.2 Å². The Morgan fingerprint density at radius 1 is 1.14 bits per heavy atom. The van der Waals surface area contributed by atoms with Gasteiger partial charge in [0.05, 0.1) is 5.92 Å². The van der Waals surface area contributed by atoms with E-state index >= 15 is 0 Å². The Morgan fingerprint density at radius 3 is 2.33 bits per heavy atom. The summed E-state index contributed by atoms with van der Waals surface area (Å²) in [5.74, 6) is -0.517. The maximum atomic E-state index is 12.5. The second kappa shape index (κ2) is 6.62. The van der Waals surface area contributed by atoms with E-state index in [2.05, 4.69) is 18.6 Å². The van der Waals surface area contributed by atoms with Gasteiger partial charge in [-0.15, -0.1) is 0 Å². The SMILES string of the molecule is CC1CC(C)CN(S(=O)(=O)NC2CCCC(C(=O)O)C2)C1. The second-order valence-corrected chi connectivity index (χ2v) is 8.49. The van der Waals surface area contributed by atoms with Gasteiger partial charge in [0.2, 0.25) is 0 Å². The van der Waals surface area contributed by atoms with Crippen LogP contribution in [0.4, 0.5) is 0 Å². The van der Waals surface area contributed by atoms with Crippen molar-refractivity contribution in [2.24, 2.45) is 17.8 Å². The molecule has 122 valence electrons. The van der Waals surface area contributed by atoms with Crippen molar-refractivity contribution in [2.45, 2.75) is 52.0 Å². The van der Waals surface area contributed by atoms with Gasteiger partial charge in [0.1, 0.15) is 0 Å². The molecule has 0 spiro atoms. The highest BCUT2D eigenvalue weighted by molar-refractivity contribution is 7.87. The molecule has 2 fully saturated rings. The van der Waals surface area contributed by atoms with Gasteiger partial charge < -0.3 is 5.11 Å². The predicted octanol–water partition coefficient (Wildman–Crippen LogP) is 1.44. The monoisotopic (exact) mass is 318 g/mol. The molecule has 0 amide bonds. The van der Waals surface area contributed by atoms with E-state index in [0.29, 0.717) is 37.8 Å². The molecule has 0 aromatic rings. The van der Waals surface area contributed by atoms with E-state index in [1.54, 1.807) is 0 Å². The van der Waals surface area contributed by atoms with Crippen LogP contribution in [-0.2, 0) is 15.0 Å². The third-order valence-corrected chi connectivity index (χ3v) is 6.12. The second-order valence-electron chi connectivity index (χ2n) is 6.78. The summed E-state index contributed by atoms with van der Waals surface area (Å²) < 4.78 is 29.2. The molecule has 2 N–H and O–H groups in total. The first-order valence-electron chi connectivity index (χ1n) is 7.78. The number of nitrogens with one attached hydrogen (secondary N) is 1. The normalized spacial score (nSPS) is 35.5. The number of rotatable bonds is 4. The molecule has 0 aromatic carbocycles. The van der Waals surface area contributed by atoms with Crippen LogP contribution >= 0.6 is 0 Å². The van der Waals surface area contributed by atoms with E-state index < -0.39 is 22.1 Å². The van der Waals surface area contributed by atoms with Gasteiger partial charge in [0, 0.05) is 19.1 Å². The zero-order valence-corrected chi connectivity index (χ0v) is 13.6. The Morgan fingerprint density at radius 2 is 1.76 bits per heavy atom. The molecular weight excluding hydrogens is 292 g/mol. The minimum absolute atomic E-state index is 0.252. The van der Waals surface area contributed by atoms with Gasteiger partial charge in [0.15, 0.2) is 0 Å². The third-order valence-electron chi connectivity index (χ3n) is 4.51. The van der Waals surface area contributed by atoms with E-state index in [-0.39, 0.29) is 6.04 Å². The van der Waals surface area contributed by atoms with Crippen molar-refractivity contribution in [3.63, 3.8) is 0 Å². The summed E-state index contributed by atoms with van der Waals surface area (Å²) in [6.07, 6.45) is 3.58. The summed E-state index contributed by atoms with van der Waals surface area (Å²) in [6.45, 7) is 5.24. The highest BCUT2D eigenvalue weighted by Gasteiger charge is 2.34. The summed E-state index contributed by atoms with van der Waals surface area (Å²) in [4.78, 5) is 11.1. The summed E-state index contributed by atoms with van der Waals surface area (Å²) in [5.41, 5.74) is 0. The van der Waals surface area contributed by atoms with Crippen molar-refractivity contribution in [2.75, 3.05) is 13.1 Å². The van der Waals surface area contributed by atoms with E-state index in [1.807, 2.05) is 0 Å². The zero-order valence-electron chi connectivity index (χ0n) is 12.8. The first-order chi connectivity index (χ1) is 9.78. The molecule has 2 rings (SSSR count). The third kappa shape index (κ3) is 4.40. The van der Waals surface area contributed by atoms with Crippen LogP contribution in [0.3, 0.4) is 0 Å². The number of aliphatic carboxylic acids is 1. The fourth-order valence-corrected chi connectivity index (χ4v) is 5.29. The first kappa shape index (κ1) is 16.7. The molecule has 4 atom stereocenters. The van der Waals surface area contributed by atoms with Gasteiger partial charge in [0.25, 0.3) is 10.2 Å². The van der Waals surface area contributed by atoms with Crippen LogP contribution in [0.1, 0.15) is 46.0 Å². The van der Waals surface area contributed by atoms with E-state index in [0.717, 1.165) is 19.3 Å². The Balaban J connectivity index is 1.98. The average Bonchev–Trinajstić information content (AvgIpc) is 2.37. The number of hydrogen-bond donors (Lipinski definition) is 2. The lowest BCUT2D eigenvalue weighted by atomic mass is 9.86. The van der Waals surface area contributed by atoms with Gasteiger partial charge in [-0.3, -0.25) is 4.79 Å². The fraction of sp³-hybridized carbons (Fsp3) is 0.929. The lowest BCUT2D eigenvalue weighted by Crippen LogP contribution is -2.51. The molecule has 21 heavy (non-hydrogen) atoms. The van der Waals surface area contributed by atoms with Crippen molar-refractivity contribution in [3.8, 4) is 0 Å². The summed E-state index contributed by atoms with van der Waals surface area (Å²) in [5, 5.41) is 9.08. The van der Waals surface area contributed by atoms with E-state index in [9.17, 15) is 13.2 Å². The Bertz CT molecular complexity index is 469. The van der Waals surface area contributed by atoms with Crippen LogP contribution in [0.25, 0.3) is 0 Å². The Labute approximate surface area is 127 Å². The number of hydrogen-bond acceptors (Lipinski definition) is 3. The largest absolute Gasteiger partial charge is 0.481 e. The number of carbonyl (C=O) groups is 1. The van der Waals surface area contributed by atoms with Crippen molar-refractivity contribution in [3.05, 3.63) is 0 Å². The fourth-order valence-electron chi connectivity index (χ4n) is 3.61. The molecule has 0 radical (unpaired) electrons. The minimum atomic E-state index is -3.51. The van der Waals surface area contributed by atoms with Crippen LogP contribution in [0.5, 0.6) is 0 Å². The minimum Gasteiger partial charge on any atom is -0.481 e. The van der Waals surface area contributed by atoms with Crippen LogP contribution in [-0.4, -0.2) is 42.9 Å². The summed E-state index contributed by atoms with van der Waals surface area (Å²) in [7, 11) is -3.51. The first-order valence-corrected chi connectivity index (χ1v) is 9.22. The Hall–Kier alpha value is -0.660. The number of carboxylic acid groups (broad SMARTS) is 1. The lowest BCUT2D eigenvalue weighted by Gasteiger charge is -2.36. The van der Waals surface area contributed by atoms with Crippen LogP contribution in [0, 0.1) is 17.8 Å². The molecule has 1 aliphatic carbocycles. The van der Waals surface area contributed by atoms with E-state index in [4.69, 9.17) is 5.11 Å². The molecule has 7 heteroatoms. The molecule has 6 nitrogen and oxygen atoms in total. The van der Waals surface area contributed by atoms with Crippen LogP contribution in [0.2, 0.25) is 0 Å². The van der Waals surface area contributed by atoms with Crippen molar-refractivity contribution in [1.29, 1.82) is 0 Å². The van der Waals surface area contributed by atoms with Crippen molar-refractivity contribution in [1.82, 2.24) is 9.03 Å². The molecule has 4 unspecified atom stereocenters. The van der Waals surface area contributed by atoms with Gasteiger partial charge in [-0.2, -0.15) is 17.4 Å². The summed E-state index contributed by atoms with van der Waals surface area (Å²) in [6, 6.07) is -0.252. The average molecular weight is 318 g/mol.